The van der Waals surface area contributed by atoms with Gasteiger partial charge in [0, 0.05) is 19.6 Å². The normalized spacial score (nSPS) is 14.5. The van der Waals surface area contributed by atoms with E-state index in [2.05, 4.69) is 22.3 Å². The Morgan fingerprint density at radius 2 is 1.88 bits per heavy atom. The van der Waals surface area contributed by atoms with Gasteiger partial charge >= 0.3 is 0 Å². The second kappa shape index (κ2) is 7.79. The first-order valence-electron chi connectivity index (χ1n) is 8.61. The molecule has 1 N–H and O–H groups in total. The molecule has 1 aliphatic heterocycles. The zero-order valence-electron chi connectivity index (χ0n) is 15.3. The minimum Gasteiger partial charge on any atom is -0.355 e. The number of fused-ring (bicyclic) bond motifs is 1. The van der Waals surface area contributed by atoms with Crippen molar-refractivity contribution in [3.05, 3.63) is 35.4 Å². The molecule has 0 bridgehead atoms. The van der Waals surface area contributed by atoms with Gasteiger partial charge < -0.3 is 15.1 Å². The monoisotopic (exact) mass is 331 g/mol. The Morgan fingerprint density at radius 1 is 1.21 bits per heavy atom. The molecule has 0 atom stereocenters. The number of benzene rings is 1. The molecule has 1 aliphatic rings. The Labute approximate surface area is 145 Å². The number of nitrogens with one attached hydrogen (secondary N) is 1. The van der Waals surface area contributed by atoms with Gasteiger partial charge in [0.1, 0.15) is 5.41 Å². The molecule has 2 amide bonds. The van der Waals surface area contributed by atoms with E-state index in [0.29, 0.717) is 19.6 Å². The lowest BCUT2D eigenvalue weighted by Gasteiger charge is -2.34. The first kappa shape index (κ1) is 18.5. The van der Waals surface area contributed by atoms with Crippen LogP contribution in [0.3, 0.4) is 0 Å². The highest BCUT2D eigenvalue weighted by Crippen LogP contribution is 2.25. The van der Waals surface area contributed by atoms with Crippen LogP contribution in [-0.2, 0) is 22.6 Å². The van der Waals surface area contributed by atoms with Crippen LogP contribution < -0.4 is 5.32 Å². The van der Waals surface area contributed by atoms with Gasteiger partial charge in [-0.2, -0.15) is 0 Å². The molecule has 0 saturated heterocycles. The lowest BCUT2D eigenvalue weighted by atomic mass is 9.88. The summed E-state index contributed by atoms with van der Waals surface area (Å²) in [5.41, 5.74) is 1.44. The zero-order chi connectivity index (χ0) is 17.7. The molecule has 24 heavy (non-hydrogen) atoms. The summed E-state index contributed by atoms with van der Waals surface area (Å²) in [6.07, 6.45) is 1.72. The van der Waals surface area contributed by atoms with E-state index < -0.39 is 5.41 Å². The smallest absolute Gasteiger partial charge is 0.238 e. The SMILES string of the molecule is CN(C)CCCNC(=O)C(C)(C)C(=O)N1CCc2ccccc2C1. The van der Waals surface area contributed by atoms with Gasteiger partial charge in [0.2, 0.25) is 11.8 Å². The Bertz CT molecular complexity index is 596. The minimum atomic E-state index is -1.04. The van der Waals surface area contributed by atoms with Crippen LogP contribution in [0, 0.1) is 5.41 Å². The molecule has 5 heteroatoms. The van der Waals surface area contributed by atoms with Crippen LogP contribution in [-0.4, -0.2) is 55.3 Å². The quantitative estimate of drug-likeness (QED) is 0.637. The van der Waals surface area contributed by atoms with Crippen LogP contribution in [0.1, 0.15) is 31.4 Å². The summed E-state index contributed by atoms with van der Waals surface area (Å²) in [5.74, 6) is -0.285. The average molecular weight is 331 g/mol. The maximum Gasteiger partial charge on any atom is 0.238 e. The first-order chi connectivity index (χ1) is 11.3. The topological polar surface area (TPSA) is 52.7 Å². The highest BCUT2D eigenvalue weighted by Gasteiger charge is 2.39. The Hall–Kier alpha value is -1.88. The van der Waals surface area contributed by atoms with Crippen LogP contribution in [0.4, 0.5) is 0 Å². The Balaban J connectivity index is 1.94. The van der Waals surface area contributed by atoms with E-state index in [0.717, 1.165) is 19.4 Å². The first-order valence-corrected chi connectivity index (χ1v) is 8.61. The number of hydrogen-bond donors (Lipinski definition) is 1. The van der Waals surface area contributed by atoms with Gasteiger partial charge in [0.25, 0.3) is 0 Å². The van der Waals surface area contributed by atoms with Crippen molar-refractivity contribution in [1.82, 2.24) is 15.1 Å². The van der Waals surface area contributed by atoms with Crippen LogP contribution in [0.5, 0.6) is 0 Å². The van der Waals surface area contributed by atoms with Crippen LogP contribution in [0.15, 0.2) is 24.3 Å². The number of rotatable bonds is 6. The molecular weight excluding hydrogens is 302 g/mol. The van der Waals surface area contributed by atoms with E-state index >= 15 is 0 Å². The molecule has 1 aromatic rings. The number of amides is 2. The fourth-order valence-corrected chi connectivity index (χ4v) is 2.98. The number of nitrogens with zero attached hydrogens (tertiary/aromatic N) is 2. The summed E-state index contributed by atoms with van der Waals surface area (Å²) < 4.78 is 0. The lowest BCUT2D eigenvalue weighted by molar-refractivity contribution is -0.149. The maximum atomic E-state index is 12.9. The van der Waals surface area contributed by atoms with Crippen molar-refractivity contribution < 1.29 is 9.59 Å². The molecule has 0 saturated carbocycles. The molecule has 1 heterocycles. The molecule has 1 aromatic carbocycles. The summed E-state index contributed by atoms with van der Waals surface area (Å²) in [7, 11) is 4.01. The van der Waals surface area contributed by atoms with Crippen molar-refractivity contribution >= 4 is 11.8 Å². The molecule has 0 radical (unpaired) electrons. The molecule has 0 unspecified atom stereocenters. The van der Waals surface area contributed by atoms with Crippen LogP contribution >= 0.6 is 0 Å². The average Bonchev–Trinajstić information content (AvgIpc) is 2.57. The fraction of sp³-hybridized carbons (Fsp3) is 0.579. The van der Waals surface area contributed by atoms with Crippen molar-refractivity contribution in [2.45, 2.75) is 33.2 Å². The Kier molecular flexibility index (Phi) is 5.99. The lowest BCUT2D eigenvalue weighted by Crippen LogP contribution is -2.50. The van der Waals surface area contributed by atoms with E-state index in [-0.39, 0.29) is 11.8 Å². The molecule has 2 rings (SSSR count). The van der Waals surface area contributed by atoms with Crippen molar-refractivity contribution in [3.8, 4) is 0 Å². The number of carbonyl (C=O) groups is 2. The molecule has 0 fully saturated rings. The van der Waals surface area contributed by atoms with Crippen LogP contribution in [0.25, 0.3) is 0 Å². The maximum absolute atomic E-state index is 12.9. The standard InChI is InChI=1S/C19H29N3O2/c1-19(2,17(23)20-11-7-12-21(3)4)18(24)22-13-10-15-8-5-6-9-16(15)14-22/h5-6,8-9H,7,10-14H2,1-4H3,(H,20,23). The molecule has 0 spiro atoms. The summed E-state index contributed by atoms with van der Waals surface area (Å²) in [4.78, 5) is 29.2. The molecule has 0 aliphatic carbocycles. The summed E-state index contributed by atoms with van der Waals surface area (Å²) in [6.45, 7) is 6.21. The molecule has 132 valence electrons. The third-order valence-corrected chi connectivity index (χ3v) is 4.59. The highest BCUT2D eigenvalue weighted by molar-refractivity contribution is 6.04. The van der Waals surface area contributed by atoms with E-state index in [4.69, 9.17) is 0 Å². The van der Waals surface area contributed by atoms with Gasteiger partial charge in [-0.05, 0) is 58.5 Å². The van der Waals surface area contributed by atoms with Gasteiger partial charge in [0.05, 0.1) is 0 Å². The number of hydrogen-bond acceptors (Lipinski definition) is 3. The van der Waals surface area contributed by atoms with Crippen molar-refractivity contribution in [1.29, 1.82) is 0 Å². The van der Waals surface area contributed by atoms with Crippen molar-refractivity contribution in [2.75, 3.05) is 33.7 Å². The number of carbonyl (C=O) groups excluding carboxylic acids is 2. The summed E-state index contributed by atoms with van der Waals surface area (Å²) >= 11 is 0. The zero-order valence-corrected chi connectivity index (χ0v) is 15.3. The van der Waals surface area contributed by atoms with Crippen molar-refractivity contribution in [2.24, 2.45) is 5.41 Å². The molecule has 5 nitrogen and oxygen atoms in total. The second-order valence-corrected chi connectivity index (χ2v) is 7.28. The summed E-state index contributed by atoms with van der Waals surface area (Å²) in [6, 6.07) is 8.19. The predicted molar refractivity (Wildman–Crippen MR) is 95.5 cm³/mol. The van der Waals surface area contributed by atoms with E-state index in [1.807, 2.05) is 31.1 Å². The highest BCUT2D eigenvalue weighted by atomic mass is 16.2. The van der Waals surface area contributed by atoms with E-state index in [1.165, 1.54) is 11.1 Å². The van der Waals surface area contributed by atoms with Gasteiger partial charge in [-0.1, -0.05) is 24.3 Å². The van der Waals surface area contributed by atoms with E-state index in [9.17, 15) is 9.59 Å². The summed E-state index contributed by atoms with van der Waals surface area (Å²) in [5, 5.41) is 2.90. The second-order valence-electron chi connectivity index (χ2n) is 7.28. The van der Waals surface area contributed by atoms with Gasteiger partial charge in [-0.3, -0.25) is 9.59 Å². The van der Waals surface area contributed by atoms with Crippen molar-refractivity contribution in [3.63, 3.8) is 0 Å². The minimum absolute atomic E-state index is 0.0953. The molecule has 0 aromatic heterocycles. The largest absolute Gasteiger partial charge is 0.355 e. The third kappa shape index (κ3) is 4.35. The predicted octanol–water partition coefficient (Wildman–Crippen LogP) is 1.67. The van der Waals surface area contributed by atoms with Gasteiger partial charge in [0.15, 0.2) is 0 Å². The molecular formula is C19H29N3O2. The van der Waals surface area contributed by atoms with Gasteiger partial charge in [-0.25, -0.2) is 0 Å². The van der Waals surface area contributed by atoms with E-state index in [1.54, 1.807) is 13.8 Å². The van der Waals surface area contributed by atoms with Gasteiger partial charge in [-0.15, -0.1) is 0 Å². The third-order valence-electron chi connectivity index (χ3n) is 4.59. The fourth-order valence-electron chi connectivity index (χ4n) is 2.98. The van der Waals surface area contributed by atoms with Crippen LogP contribution in [0.2, 0.25) is 0 Å². The Morgan fingerprint density at radius 3 is 2.54 bits per heavy atom.